The summed E-state index contributed by atoms with van der Waals surface area (Å²) >= 11 is 1.47. The van der Waals surface area contributed by atoms with Crippen LogP contribution in [0.1, 0.15) is 32.3 Å². The van der Waals surface area contributed by atoms with E-state index in [9.17, 15) is 19.7 Å². The molecule has 2 atom stereocenters. The van der Waals surface area contributed by atoms with Gasteiger partial charge < -0.3 is 9.47 Å². The van der Waals surface area contributed by atoms with Crippen LogP contribution in [0.25, 0.3) is 0 Å². The normalized spacial score (nSPS) is 17.7. The second-order valence-corrected chi connectivity index (χ2v) is 8.51. The van der Waals surface area contributed by atoms with Crippen LogP contribution in [0.2, 0.25) is 0 Å². The van der Waals surface area contributed by atoms with Crippen LogP contribution in [0, 0.1) is 16.0 Å². The fourth-order valence-electron chi connectivity index (χ4n) is 3.95. The highest BCUT2D eigenvalue weighted by molar-refractivity contribution is 7.99. The first-order valence-corrected chi connectivity index (χ1v) is 11.9. The number of rotatable bonds is 9. The molecule has 1 heterocycles. The van der Waals surface area contributed by atoms with E-state index in [1.54, 1.807) is 39.0 Å². The number of nitrogens with zero attached hydrogens (tertiary/aromatic N) is 2. The molecule has 0 N–H and O–H groups in total. The number of para-hydroxylation sites is 1. The standard InChI is InChI=1S/C25H26N2O6S/c1-4-32-24(28)21-16(3)26-19(15-34-17-11-7-6-8-12-17)23(25(29)33-5-2)22(21)18-13-9-10-14-20(18)27(30)31/h6-14,21-22H,4-5,15H2,1-3H3. The molecule has 1 aliphatic rings. The number of hydrogen-bond donors (Lipinski definition) is 0. The van der Waals surface area contributed by atoms with E-state index in [1.807, 2.05) is 30.3 Å². The highest BCUT2D eigenvalue weighted by Crippen LogP contribution is 2.44. The van der Waals surface area contributed by atoms with Crippen LogP contribution in [0.5, 0.6) is 0 Å². The number of aliphatic imine (C=N–C) groups is 1. The Morgan fingerprint density at radius 2 is 1.68 bits per heavy atom. The molecule has 0 fully saturated rings. The molecule has 1 aliphatic heterocycles. The second kappa shape index (κ2) is 11.6. The van der Waals surface area contributed by atoms with Crippen molar-refractivity contribution in [1.29, 1.82) is 0 Å². The van der Waals surface area contributed by atoms with Crippen LogP contribution in [-0.4, -0.2) is 41.5 Å². The molecule has 2 unspecified atom stereocenters. The maximum atomic E-state index is 13.2. The van der Waals surface area contributed by atoms with E-state index in [-0.39, 0.29) is 30.0 Å². The van der Waals surface area contributed by atoms with E-state index >= 15 is 0 Å². The molecule has 178 valence electrons. The van der Waals surface area contributed by atoms with Crippen LogP contribution in [-0.2, 0) is 19.1 Å². The van der Waals surface area contributed by atoms with E-state index < -0.39 is 28.7 Å². The monoisotopic (exact) mass is 482 g/mol. The first kappa shape index (κ1) is 25.2. The Kier molecular flexibility index (Phi) is 8.59. The third-order valence-corrected chi connectivity index (χ3v) is 6.36. The van der Waals surface area contributed by atoms with Crippen molar-refractivity contribution in [3.05, 3.63) is 81.5 Å². The van der Waals surface area contributed by atoms with Gasteiger partial charge in [-0.3, -0.25) is 19.9 Å². The molecular formula is C25H26N2O6S. The molecule has 0 amide bonds. The summed E-state index contributed by atoms with van der Waals surface area (Å²) in [4.78, 5) is 43.2. The minimum atomic E-state index is -0.995. The van der Waals surface area contributed by atoms with Gasteiger partial charge in [-0.05, 0) is 32.9 Å². The van der Waals surface area contributed by atoms with Gasteiger partial charge in [-0.1, -0.05) is 36.4 Å². The first-order chi connectivity index (χ1) is 16.4. The van der Waals surface area contributed by atoms with Crippen molar-refractivity contribution in [1.82, 2.24) is 0 Å². The number of ether oxygens (including phenoxy) is 2. The topological polar surface area (TPSA) is 108 Å². The largest absolute Gasteiger partial charge is 0.465 e. The Labute approximate surface area is 202 Å². The fraction of sp³-hybridized carbons (Fsp3) is 0.320. The van der Waals surface area contributed by atoms with Crippen molar-refractivity contribution in [3.63, 3.8) is 0 Å². The number of hydrogen-bond acceptors (Lipinski definition) is 8. The first-order valence-electron chi connectivity index (χ1n) is 10.9. The molecule has 0 aliphatic carbocycles. The molecule has 0 bridgehead atoms. The quantitative estimate of drug-likeness (QED) is 0.215. The summed E-state index contributed by atoms with van der Waals surface area (Å²) in [6.07, 6.45) is 0. The molecule has 8 nitrogen and oxygen atoms in total. The number of esters is 2. The van der Waals surface area contributed by atoms with Gasteiger partial charge in [-0.2, -0.15) is 0 Å². The summed E-state index contributed by atoms with van der Waals surface area (Å²) in [6.45, 7) is 5.27. The highest BCUT2D eigenvalue weighted by atomic mass is 32.2. The number of nitro groups is 1. The Hall–Kier alpha value is -3.46. The van der Waals surface area contributed by atoms with E-state index in [1.165, 1.54) is 17.8 Å². The lowest BCUT2D eigenvalue weighted by molar-refractivity contribution is -0.385. The van der Waals surface area contributed by atoms with Crippen molar-refractivity contribution in [2.24, 2.45) is 10.9 Å². The average Bonchev–Trinajstić information content (AvgIpc) is 2.83. The van der Waals surface area contributed by atoms with Crippen LogP contribution in [0.15, 0.2) is 75.8 Å². The van der Waals surface area contributed by atoms with E-state index in [4.69, 9.17) is 9.47 Å². The number of carbonyl (C=O) groups is 2. The lowest BCUT2D eigenvalue weighted by Crippen LogP contribution is -2.37. The zero-order valence-corrected chi connectivity index (χ0v) is 20.0. The SMILES string of the molecule is CCOC(=O)C1=C(CSc2ccccc2)N=C(C)C(C(=O)OCC)C1c1ccccc1[N+](=O)[O-]. The molecule has 2 aromatic rings. The van der Waals surface area contributed by atoms with Gasteiger partial charge in [0.1, 0.15) is 5.92 Å². The fourth-order valence-corrected chi connectivity index (χ4v) is 4.83. The summed E-state index contributed by atoms with van der Waals surface area (Å²) < 4.78 is 10.6. The Morgan fingerprint density at radius 3 is 2.32 bits per heavy atom. The van der Waals surface area contributed by atoms with Gasteiger partial charge in [-0.15, -0.1) is 11.8 Å². The minimum Gasteiger partial charge on any atom is -0.465 e. The lowest BCUT2D eigenvalue weighted by Gasteiger charge is -2.32. The predicted octanol–water partition coefficient (Wildman–Crippen LogP) is 4.94. The molecule has 0 saturated heterocycles. The number of nitro benzene ring substituents is 1. The van der Waals surface area contributed by atoms with E-state index in [2.05, 4.69) is 4.99 Å². The maximum Gasteiger partial charge on any atom is 0.336 e. The molecule has 0 spiro atoms. The lowest BCUT2D eigenvalue weighted by atomic mass is 9.75. The van der Waals surface area contributed by atoms with Crippen molar-refractivity contribution in [2.75, 3.05) is 19.0 Å². The van der Waals surface area contributed by atoms with E-state index in [0.717, 1.165) is 4.90 Å². The summed E-state index contributed by atoms with van der Waals surface area (Å²) in [7, 11) is 0. The molecule has 0 saturated carbocycles. The molecule has 34 heavy (non-hydrogen) atoms. The molecule has 2 aromatic carbocycles. The molecule has 0 aromatic heterocycles. The molecule has 0 radical (unpaired) electrons. The number of thioether (sulfide) groups is 1. The van der Waals surface area contributed by atoms with Gasteiger partial charge >= 0.3 is 11.9 Å². The average molecular weight is 483 g/mol. The maximum absolute atomic E-state index is 13.2. The summed E-state index contributed by atoms with van der Waals surface area (Å²) in [6, 6.07) is 15.7. The van der Waals surface area contributed by atoms with Gasteiger partial charge in [0.15, 0.2) is 0 Å². The zero-order chi connectivity index (χ0) is 24.7. The minimum absolute atomic E-state index is 0.109. The van der Waals surface area contributed by atoms with Crippen molar-refractivity contribution in [3.8, 4) is 0 Å². The smallest absolute Gasteiger partial charge is 0.336 e. The second-order valence-electron chi connectivity index (χ2n) is 7.46. The molecule has 3 rings (SSSR count). The van der Waals surface area contributed by atoms with Crippen LogP contribution in [0.4, 0.5) is 5.69 Å². The number of benzene rings is 2. The Morgan fingerprint density at radius 1 is 1.03 bits per heavy atom. The van der Waals surface area contributed by atoms with Crippen LogP contribution < -0.4 is 0 Å². The Balaban J connectivity index is 2.21. The van der Waals surface area contributed by atoms with Gasteiger partial charge in [0, 0.05) is 33.9 Å². The third kappa shape index (κ3) is 5.53. The third-order valence-electron chi connectivity index (χ3n) is 5.34. The summed E-state index contributed by atoms with van der Waals surface area (Å²) in [5.41, 5.74) is 1.05. The van der Waals surface area contributed by atoms with Gasteiger partial charge in [0.05, 0.1) is 29.4 Å². The Bertz CT molecular complexity index is 1130. The van der Waals surface area contributed by atoms with E-state index in [0.29, 0.717) is 17.2 Å². The van der Waals surface area contributed by atoms with Crippen molar-refractivity contribution < 1.29 is 24.0 Å². The summed E-state index contributed by atoms with van der Waals surface area (Å²) in [5, 5.41) is 11.9. The predicted molar refractivity (Wildman–Crippen MR) is 130 cm³/mol. The van der Waals surface area contributed by atoms with Gasteiger partial charge in [-0.25, -0.2) is 4.79 Å². The number of carbonyl (C=O) groups excluding carboxylic acids is 2. The van der Waals surface area contributed by atoms with Crippen LogP contribution in [0.3, 0.4) is 0 Å². The van der Waals surface area contributed by atoms with Gasteiger partial charge in [0.25, 0.3) is 5.69 Å². The highest BCUT2D eigenvalue weighted by Gasteiger charge is 2.45. The molecule has 9 heteroatoms. The zero-order valence-electron chi connectivity index (χ0n) is 19.2. The van der Waals surface area contributed by atoms with Crippen LogP contribution >= 0.6 is 11.8 Å². The molecular weight excluding hydrogens is 456 g/mol. The van der Waals surface area contributed by atoms with Crippen molar-refractivity contribution in [2.45, 2.75) is 31.6 Å². The van der Waals surface area contributed by atoms with Gasteiger partial charge in [0.2, 0.25) is 0 Å². The van der Waals surface area contributed by atoms with Crippen molar-refractivity contribution >= 4 is 35.1 Å². The summed E-state index contributed by atoms with van der Waals surface area (Å²) in [5.74, 6) is -2.89.